The predicted octanol–water partition coefficient (Wildman–Crippen LogP) is -15.4. The Bertz CT molecular complexity index is 4660. The van der Waals surface area contributed by atoms with Gasteiger partial charge in [0.15, 0.2) is 69.0 Å². The minimum Gasteiger partial charge on any atom is -0.507 e. The Morgan fingerprint density at radius 2 is 0.701 bits per heavy atom. The standard InChI is InChI=1S/C83H111NO53/c1-22-44(93)27(84)10-39(120-22)121-29-12-83(116,11-26-41(29)48(97)43-42(46(26)95)45(94)25-8-5-9-28(117-2)40(25)47(43)96)38(92)21-119-74(115)24-7-4-3-6-23(24)73(114)118-20-37-72-56(105)64(113)82(129-37)136-71-36(19-91)127-80(62(111)54(71)103)134-69-34(17-89)125-78(60(109)52(69)101)132-67-32(15-87)123-76(58(107)50(67)99)130-65-30(13-85)122-75(57(106)49(65)98)131-66-31(14-86)124-77(59(108)51(66)100)133-68-33(16-88)126-79(61(110)53(68)102)135-70-35(18-90)128-81(137-72)63(112)55(70)104/h3-9,22,27,29-37,39,44,49-72,75-82,85-91,93,95,97-113,116H,10-21,84H2,1-2H3/t22-,27-,29?,30+,31+,32+,33+,34+,35+,36+,37+,39-,44+,49+,50+,51+,52+,53+,54+,55+,56+,57+,58+,59+,60+,61+,62+,63+,64+,65+,66+,67+,68+,69+,70+,71+,72+,75+,76+,77+,78+,79+,80+,81+,82+,83-/m0/s1. The minimum absolute atomic E-state index is 0.0767. The molecule has 0 spiro atoms. The summed E-state index contributed by atoms with van der Waals surface area (Å²) in [7, 11) is 1.22. The number of hydrogen-bond donors (Lipinski definition) is 28. The van der Waals surface area contributed by atoms with Crippen LogP contribution in [0.5, 0.6) is 17.2 Å². The fourth-order valence-corrected chi connectivity index (χ4v) is 18.9. The molecule has 31 fully saturated rings. The Kier molecular flexibility index (Phi) is 32.9. The number of carbonyl (C=O) groups is 5. The molecule has 0 radical (unpaired) electrons. The number of benzene rings is 3. The number of esters is 2. The number of methoxy groups -OCH3 is 1. The van der Waals surface area contributed by atoms with Gasteiger partial charge in [0.05, 0.1) is 99.5 Å². The van der Waals surface area contributed by atoms with Gasteiger partial charge in [-0.25, -0.2) is 9.59 Å². The molecule has 36 rings (SSSR count). The maximum absolute atomic E-state index is 14.7. The van der Waals surface area contributed by atoms with Crippen LogP contribution in [0.4, 0.5) is 0 Å². The summed E-state index contributed by atoms with van der Waals surface area (Å²) < 4.78 is 122. The molecule has 2 aliphatic carbocycles. The Morgan fingerprint density at radius 1 is 0.387 bits per heavy atom. The van der Waals surface area contributed by atoms with E-state index in [9.17, 15) is 162 Å². The summed E-state index contributed by atoms with van der Waals surface area (Å²) in [5, 5.41) is 310. The van der Waals surface area contributed by atoms with Gasteiger partial charge in [-0.05, 0) is 25.1 Å². The predicted molar refractivity (Wildman–Crippen MR) is 426 cm³/mol. The number of hydrogen-bond acceptors (Lipinski definition) is 54. The molecule has 16 bridgehead atoms. The van der Waals surface area contributed by atoms with Crippen LogP contribution in [0.15, 0.2) is 42.5 Å². The number of aliphatic hydroxyl groups excluding tert-OH is 24. The first kappa shape index (κ1) is 105. The molecule has 3 aromatic rings. The molecule has 0 saturated carbocycles. The van der Waals surface area contributed by atoms with Crippen LogP contribution in [-0.4, -0.2) is 510 Å². The van der Waals surface area contributed by atoms with Crippen molar-refractivity contribution in [1.82, 2.24) is 0 Å². The molecule has 766 valence electrons. The number of Topliss-reactive ketones (excluding diaryl/α,β-unsaturated/α-hetero) is 1. The van der Waals surface area contributed by atoms with Crippen molar-refractivity contribution < 1.29 is 261 Å². The fourth-order valence-electron chi connectivity index (χ4n) is 18.9. The molecule has 54 heteroatoms. The Hall–Kier alpha value is -6.75. The summed E-state index contributed by atoms with van der Waals surface area (Å²) in [6.45, 7) is -9.53. The van der Waals surface area contributed by atoms with Gasteiger partial charge in [-0.1, -0.05) is 24.3 Å². The third-order valence-corrected chi connectivity index (χ3v) is 26.5. The number of phenols is 2. The number of aromatic hydroxyl groups is 2. The highest BCUT2D eigenvalue weighted by Crippen LogP contribution is 2.54. The molecule has 31 aliphatic heterocycles. The van der Waals surface area contributed by atoms with Gasteiger partial charge < -0.3 is 243 Å². The number of nitrogens with two attached hydrogens (primary N) is 1. The topological polar surface area (TPSA) is 851 Å². The fraction of sp³-hybridized carbons (Fsp3) is 0.723. The first-order valence-corrected chi connectivity index (χ1v) is 43.6. The van der Waals surface area contributed by atoms with Gasteiger partial charge in [0, 0.05) is 42.0 Å². The number of ketones is 3. The smallest absolute Gasteiger partial charge is 0.339 e. The van der Waals surface area contributed by atoms with Crippen LogP contribution in [0.25, 0.3) is 0 Å². The van der Waals surface area contributed by atoms with Crippen molar-refractivity contribution in [2.24, 2.45) is 5.73 Å². The van der Waals surface area contributed by atoms with Crippen molar-refractivity contribution in [3.8, 4) is 17.2 Å². The molecule has 137 heavy (non-hydrogen) atoms. The summed E-state index contributed by atoms with van der Waals surface area (Å²) in [4.78, 5) is 72.5. The van der Waals surface area contributed by atoms with Gasteiger partial charge in [0.25, 0.3) is 0 Å². The molecule has 31 saturated heterocycles. The summed E-state index contributed by atoms with van der Waals surface area (Å²) >= 11 is 0. The molecule has 0 amide bonds. The van der Waals surface area contributed by atoms with E-state index in [1.165, 1.54) is 44.4 Å². The number of phenolic OH excluding ortho intramolecular Hbond substituents is 2. The second-order valence-corrected chi connectivity index (χ2v) is 35.0. The quantitative estimate of drug-likeness (QED) is 0.0345. The van der Waals surface area contributed by atoms with Crippen molar-refractivity contribution in [2.45, 2.75) is 308 Å². The van der Waals surface area contributed by atoms with E-state index in [-0.39, 0.29) is 23.3 Å². The van der Waals surface area contributed by atoms with Crippen molar-refractivity contribution in [1.29, 1.82) is 0 Å². The van der Waals surface area contributed by atoms with Crippen LogP contribution in [0.1, 0.15) is 89.6 Å². The zero-order valence-electron chi connectivity index (χ0n) is 72.3. The van der Waals surface area contributed by atoms with E-state index in [1.807, 2.05) is 0 Å². The van der Waals surface area contributed by atoms with Crippen molar-refractivity contribution in [3.05, 3.63) is 87.0 Å². The molecule has 0 aromatic heterocycles. The lowest BCUT2D eigenvalue weighted by molar-refractivity contribution is -0.404. The highest BCUT2D eigenvalue weighted by Gasteiger charge is 2.62. The second kappa shape index (κ2) is 43.0. The summed E-state index contributed by atoms with van der Waals surface area (Å²) in [6.07, 6.45) is -96.0. The molecule has 3 aromatic carbocycles. The second-order valence-electron chi connectivity index (χ2n) is 35.0. The molecular weight excluding hydrogens is 1860 g/mol. The average Bonchev–Trinajstić information content (AvgIpc) is 0.706. The van der Waals surface area contributed by atoms with E-state index in [0.29, 0.717) is 0 Å². The lowest BCUT2D eigenvalue weighted by atomic mass is 9.72. The number of aliphatic hydroxyl groups is 25. The third kappa shape index (κ3) is 19.9. The first-order chi connectivity index (χ1) is 65.2. The van der Waals surface area contributed by atoms with E-state index >= 15 is 0 Å². The maximum Gasteiger partial charge on any atom is 0.339 e. The highest BCUT2D eigenvalue weighted by atomic mass is 16.8. The largest absolute Gasteiger partial charge is 0.507 e. The molecule has 33 aliphatic rings. The summed E-state index contributed by atoms with van der Waals surface area (Å²) in [5.41, 5.74) is -0.844. The number of ether oxygens (including phenoxy) is 21. The van der Waals surface area contributed by atoms with Crippen LogP contribution < -0.4 is 10.5 Å². The van der Waals surface area contributed by atoms with Gasteiger partial charge in [-0.2, -0.15) is 0 Å². The lowest BCUT2D eigenvalue weighted by Crippen LogP contribution is -2.69. The Morgan fingerprint density at radius 3 is 1.02 bits per heavy atom. The molecule has 1 unspecified atom stereocenters. The first-order valence-electron chi connectivity index (χ1n) is 43.6. The highest BCUT2D eigenvalue weighted by molar-refractivity contribution is 6.31. The van der Waals surface area contributed by atoms with Gasteiger partial charge in [0.2, 0.25) is 11.6 Å². The lowest BCUT2D eigenvalue weighted by Gasteiger charge is -2.50. The molecular formula is C83H111NO53. The van der Waals surface area contributed by atoms with Crippen LogP contribution in [0.2, 0.25) is 0 Å². The van der Waals surface area contributed by atoms with Gasteiger partial charge in [-0.15, -0.1) is 0 Å². The van der Waals surface area contributed by atoms with Crippen LogP contribution >= 0.6 is 0 Å². The Labute approximate surface area is 772 Å². The monoisotopic (exact) mass is 1970 g/mol. The zero-order chi connectivity index (χ0) is 99.0. The SMILES string of the molecule is COc1cccc2c1C(=O)c1c(O)c3c(c(O)c1C2=O)C[C@@](O)(C(=O)COC(=O)c1ccccc1C(=O)OC[C@H]1O[C@@H]2O[C@H]4[C@H](O)[C@@H](O)[C@@H](O[C@H]5[C@H](O)[C@@H](O)[C@@H](O[C@H]6[C@H](O)[C@@H](O)[C@@H](O[C@H]7[C@H](O)[C@@H](O)[C@@H](O[C@H]8[C@H](O)[C@@H](O)[C@@H](O[C@H]9[C@H](O)[C@@H](O)[C@@H](O[C@H]%10[C@H](O)[C@@H](O)[C@@H](O[C@H]1[C@H](O)[C@H]2O)O[C@@H]%10CO)O[C@@H]9CO)O[C@@H]8CO)O[C@@H]7CO)O[C@@H]6CO)O[C@@H]5CO)O[C@@H]4CO)CC3O[C@H]1C[C@H](N)[C@H](O)[C@H](C)O1. The van der Waals surface area contributed by atoms with Crippen molar-refractivity contribution >= 4 is 29.3 Å². The average molecular weight is 1970 g/mol. The molecule has 46 atom stereocenters. The van der Waals surface area contributed by atoms with Gasteiger partial charge in [-0.3, -0.25) is 14.4 Å². The third-order valence-electron chi connectivity index (χ3n) is 26.5. The normalized spacial score (nSPS) is 44.9. The van der Waals surface area contributed by atoms with E-state index in [1.54, 1.807) is 0 Å². The summed E-state index contributed by atoms with van der Waals surface area (Å²) in [5.74, 6) is -8.31. The van der Waals surface area contributed by atoms with Gasteiger partial charge >= 0.3 is 11.9 Å². The van der Waals surface area contributed by atoms with Crippen LogP contribution in [-0.2, 0) is 106 Å². The molecule has 31 heterocycles. The zero-order valence-corrected chi connectivity index (χ0v) is 72.3. The minimum atomic E-state index is -2.80. The Balaban J connectivity index is 0.692. The number of carbonyl (C=O) groups excluding carboxylic acids is 5. The molecule has 54 nitrogen and oxygen atoms in total. The number of fused-ring (bicyclic) bond motifs is 3. The summed E-state index contributed by atoms with van der Waals surface area (Å²) in [6, 6.07) is 7.35. The van der Waals surface area contributed by atoms with E-state index < -0.39 is 428 Å². The van der Waals surface area contributed by atoms with Crippen LogP contribution in [0.3, 0.4) is 0 Å². The van der Waals surface area contributed by atoms with Crippen molar-refractivity contribution in [3.63, 3.8) is 0 Å². The van der Waals surface area contributed by atoms with Crippen molar-refractivity contribution in [2.75, 3.05) is 66.6 Å². The van der Waals surface area contributed by atoms with E-state index in [0.717, 1.165) is 12.1 Å². The van der Waals surface area contributed by atoms with Crippen LogP contribution in [0, 0.1) is 0 Å². The number of rotatable bonds is 17. The van der Waals surface area contributed by atoms with Gasteiger partial charge in [0.1, 0.15) is 225 Å². The van der Waals surface area contributed by atoms with E-state index in [4.69, 9.17) is 105 Å². The van der Waals surface area contributed by atoms with E-state index in [2.05, 4.69) is 0 Å². The maximum atomic E-state index is 14.7. The molecule has 29 N–H and O–H groups in total.